The molecule has 0 radical (unpaired) electrons. The third-order valence-electron chi connectivity index (χ3n) is 5.11. The van der Waals surface area contributed by atoms with E-state index in [2.05, 4.69) is 5.32 Å². The smallest absolute Gasteiger partial charge is 0.408 e. The maximum atomic E-state index is 13.7. The molecule has 1 aromatic rings. The summed E-state index contributed by atoms with van der Waals surface area (Å²) in [6.07, 6.45) is -0.767. The van der Waals surface area contributed by atoms with Crippen LogP contribution in [0.1, 0.15) is 62.3 Å². The number of alkyl carbamates (subject to hydrolysis) is 1. The molecule has 1 N–H and O–H groups in total. The number of anilines is 2. The zero-order valence-electron chi connectivity index (χ0n) is 21.2. The number of rotatable bonds is 3. The quantitative estimate of drug-likeness (QED) is 0.739. The van der Waals surface area contributed by atoms with Crippen LogP contribution in [0, 0.1) is 10.8 Å². The van der Waals surface area contributed by atoms with E-state index in [0.717, 1.165) is 0 Å². The second-order valence-electron chi connectivity index (χ2n) is 11.5. The number of fused-ring (bicyclic) bond motifs is 1. The third-order valence-corrected chi connectivity index (χ3v) is 5.11. The van der Waals surface area contributed by atoms with E-state index in [1.54, 1.807) is 86.6 Å². The lowest BCUT2D eigenvalue weighted by Gasteiger charge is -2.31. The monoisotopic (exact) mass is 459 g/mol. The third kappa shape index (κ3) is 6.55. The molecule has 1 aliphatic heterocycles. The molecular formula is C25H37N3O5. The van der Waals surface area contributed by atoms with E-state index in [-0.39, 0.29) is 24.8 Å². The Labute approximate surface area is 196 Å². The summed E-state index contributed by atoms with van der Waals surface area (Å²) in [5.74, 6) is -0.824. The van der Waals surface area contributed by atoms with Crippen molar-refractivity contribution in [3.05, 3.63) is 24.3 Å². The minimum absolute atomic E-state index is 0.0780. The number of carbonyl (C=O) groups excluding carboxylic acids is 4. The van der Waals surface area contributed by atoms with Gasteiger partial charge in [-0.3, -0.25) is 14.4 Å². The van der Waals surface area contributed by atoms with Crippen molar-refractivity contribution in [3.8, 4) is 0 Å². The lowest BCUT2D eigenvalue weighted by molar-refractivity contribution is -0.128. The minimum atomic E-state index is -1.09. The van der Waals surface area contributed by atoms with Crippen LogP contribution in [0.25, 0.3) is 0 Å². The molecule has 1 aromatic carbocycles. The van der Waals surface area contributed by atoms with Crippen molar-refractivity contribution in [1.29, 1.82) is 0 Å². The predicted molar refractivity (Wildman–Crippen MR) is 128 cm³/mol. The van der Waals surface area contributed by atoms with E-state index < -0.39 is 34.5 Å². The van der Waals surface area contributed by atoms with Crippen molar-refractivity contribution in [2.45, 2.75) is 74.0 Å². The first kappa shape index (κ1) is 26.4. The van der Waals surface area contributed by atoms with Gasteiger partial charge >= 0.3 is 6.09 Å². The molecule has 1 atom stereocenters. The molecule has 2 rings (SSSR count). The van der Waals surface area contributed by atoms with Crippen LogP contribution in [0.3, 0.4) is 0 Å². The first-order valence-corrected chi connectivity index (χ1v) is 11.2. The molecule has 8 nitrogen and oxygen atoms in total. The molecule has 0 bridgehead atoms. The van der Waals surface area contributed by atoms with Crippen molar-refractivity contribution in [1.82, 2.24) is 5.32 Å². The predicted octanol–water partition coefficient (Wildman–Crippen LogP) is 3.92. The number of nitrogens with one attached hydrogen (secondary N) is 1. The highest BCUT2D eigenvalue weighted by Crippen LogP contribution is 2.36. The van der Waals surface area contributed by atoms with Crippen LogP contribution in [0.4, 0.5) is 16.2 Å². The van der Waals surface area contributed by atoms with Crippen molar-refractivity contribution in [3.63, 3.8) is 0 Å². The standard InChI is InChI=1S/C25H37N3O5/c1-23(2,3)19(29)15-27-17-12-10-11-13-18(17)28(21(31)24(4,5)6)14-16(20(27)30)26-22(32)33-25(7,8)9/h10-13,16H,14-15H2,1-9H3,(H,26,32). The Balaban J connectivity index is 2.58. The van der Waals surface area contributed by atoms with E-state index >= 15 is 0 Å². The number of ketones is 1. The molecule has 1 unspecified atom stereocenters. The maximum absolute atomic E-state index is 13.7. The highest BCUT2D eigenvalue weighted by atomic mass is 16.6. The average molecular weight is 460 g/mol. The summed E-state index contributed by atoms with van der Waals surface area (Å²) < 4.78 is 5.35. The second-order valence-corrected chi connectivity index (χ2v) is 11.5. The van der Waals surface area contributed by atoms with Crippen molar-refractivity contribution >= 4 is 35.1 Å². The van der Waals surface area contributed by atoms with Gasteiger partial charge in [0.2, 0.25) is 5.91 Å². The first-order valence-electron chi connectivity index (χ1n) is 11.2. The molecule has 0 aromatic heterocycles. The first-order chi connectivity index (χ1) is 14.9. The largest absolute Gasteiger partial charge is 0.444 e. The SMILES string of the molecule is CC(C)(C)OC(=O)NC1CN(C(=O)C(C)(C)C)c2ccccc2N(CC(=O)C(C)(C)C)C1=O. The molecule has 33 heavy (non-hydrogen) atoms. The number of ether oxygens (including phenoxy) is 1. The zero-order valence-corrected chi connectivity index (χ0v) is 21.2. The van der Waals surface area contributed by atoms with Gasteiger partial charge in [-0.05, 0) is 32.9 Å². The van der Waals surface area contributed by atoms with Gasteiger partial charge in [0.1, 0.15) is 11.6 Å². The zero-order chi connectivity index (χ0) is 25.4. The van der Waals surface area contributed by atoms with Crippen LogP contribution in [0.2, 0.25) is 0 Å². The molecule has 0 saturated heterocycles. The number of benzene rings is 1. The van der Waals surface area contributed by atoms with E-state index in [0.29, 0.717) is 11.4 Å². The molecule has 1 heterocycles. The van der Waals surface area contributed by atoms with Gasteiger partial charge in [-0.1, -0.05) is 53.7 Å². The lowest BCUT2D eigenvalue weighted by atomic mass is 9.90. The second kappa shape index (κ2) is 9.15. The molecule has 8 heteroatoms. The number of amides is 3. The van der Waals surface area contributed by atoms with E-state index in [4.69, 9.17) is 4.74 Å². The van der Waals surface area contributed by atoms with Gasteiger partial charge in [0, 0.05) is 10.8 Å². The van der Waals surface area contributed by atoms with Crippen LogP contribution in [-0.4, -0.2) is 48.4 Å². The normalized spacial score (nSPS) is 17.2. The highest BCUT2D eigenvalue weighted by molar-refractivity contribution is 6.11. The van der Waals surface area contributed by atoms with Crippen molar-refractivity contribution < 1.29 is 23.9 Å². The number of nitrogens with zero attached hydrogens (tertiary/aromatic N) is 2. The number of hydrogen-bond acceptors (Lipinski definition) is 5. The topological polar surface area (TPSA) is 96.0 Å². The summed E-state index contributed by atoms with van der Waals surface area (Å²) in [7, 11) is 0. The number of hydrogen-bond donors (Lipinski definition) is 1. The summed E-state index contributed by atoms with van der Waals surface area (Å²) in [6, 6.07) is 5.89. The van der Waals surface area contributed by atoms with E-state index in [1.165, 1.54) is 9.80 Å². The maximum Gasteiger partial charge on any atom is 0.408 e. The average Bonchev–Trinajstić information content (AvgIpc) is 2.75. The summed E-state index contributed by atoms with van der Waals surface area (Å²) in [4.78, 5) is 55.4. The lowest BCUT2D eigenvalue weighted by Crippen LogP contribution is -2.55. The van der Waals surface area contributed by atoms with E-state index in [9.17, 15) is 19.2 Å². The van der Waals surface area contributed by atoms with Gasteiger partial charge < -0.3 is 19.9 Å². The number of carbonyl (C=O) groups is 4. The Hall–Kier alpha value is -2.90. The molecule has 0 aliphatic carbocycles. The molecule has 182 valence electrons. The number of para-hydroxylation sites is 2. The molecule has 0 spiro atoms. The van der Waals surface area contributed by atoms with Crippen molar-refractivity contribution in [2.75, 3.05) is 22.9 Å². The van der Waals surface area contributed by atoms with Gasteiger partial charge in [0.25, 0.3) is 5.91 Å². The fraction of sp³-hybridized carbons (Fsp3) is 0.600. The molecular weight excluding hydrogens is 422 g/mol. The van der Waals surface area contributed by atoms with Crippen LogP contribution in [-0.2, 0) is 19.1 Å². The van der Waals surface area contributed by atoms with Gasteiger partial charge in [-0.15, -0.1) is 0 Å². The van der Waals surface area contributed by atoms with Crippen LogP contribution >= 0.6 is 0 Å². The molecule has 0 saturated carbocycles. The molecule has 3 amide bonds. The van der Waals surface area contributed by atoms with Gasteiger partial charge in [-0.25, -0.2) is 4.79 Å². The Kier molecular flexibility index (Phi) is 7.31. The fourth-order valence-corrected chi connectivity index (χ4v) is 3.28. The van der Waals surface area contributed by atoms with E-state index in [1.807, 2.05) is 0 Å². The Morgan fingerprint density at radius 2 is 1.48 bits per heavy atom. The fourth-order valence-electron chi connectivity index (χ4n) is 3.28. The Morgan fingerprint density at radius 1 is 0.939 bits per heavy atom. The highest BCUT2D eigenvalue weighted by Gasteiger charge is 2.41. The van der Waals surface area contributed by atoms with Crippen LogP contribution in [0.5, 0.6) is 0 Å². The summed E-state index contributed by atoms with van der Waals surface area (Å²) in [5, 5.41) is 2.62. The van der Waals surface area contributed by atoms with Gasteiger partial charge in [0.15, 0.2) is 5.78 Å². The Bertz CT molecular complexity index is 935. The van der Waals surface area contributed by atoms with Gasteiger partial charge in [0.05, 0.1) is 24.5 Å². The number of Topliss-reactive ketones (excluding diaryl/α,β-unsaturated/α-hetero) is 1. The Morgan fingerprint density at radius 3 is 1.97 bits per heavy atom. The summed E-state index contributed by atoms with van der Waals surface area (Å²) in [5.41, 5.74) is -1.20. The minimum Gasteiger partial charge on any atom is -0.444 e. The van der Waals surface area contributed by atoms with Crippen molar-refractivity contribution in [2.24, 2.45) is 10.8 Å². The molecule has 0 fully saturated rings. The summed E-state index contributed by atoms with van der Waals surface area (Å²) in [6.45, 7) is 15.7. The van der Waals surface area contributed by atoms with Gasteiger partial charge in [-0.2, -0.15) is 0 Å². The van der Waals surface area contributed by atoms with Crippen LogP contribution < -0.4 is 15.1 Å². The molecule has 1 aliphatic rings. The summed E-state index contributed by atoms with van der Waals surface area (Å²) >= 11 is 0. The van der Waals surface area contributed by atoms with Crippen LogP contribution in [0.15, 0.2) is 24.3 Å².